The zero-order valence-electron chi connectivity index (χ0n) is 13.7. The molecule has 1 fully saturated rings. The summed E-state index contributed by atoms with van der Waals surface area (Å²) in [6.45, 7) is 1.52. The second kappa shape index (κ2) is 6.94. The van der Waals surface area contributed by atoms with E-state index in [1.165, 1.54) is 0 Å². The van der Waals surface area contributed by atoms with Gasteiger partial charge in [-0.15, -0.1) is 0 Å². The lowest BCUT2D eigenvalue weighted by Crippen LogP contribution is -2.22. The topological polar surface area (TPSA) is 64.9 Å². The van der Waals surface area contributed by atoms with Crippen LogP contribution in [0.4, 0.5) is 5.69 Å². The lowest BCUT2D eigenvalue weighted by molar-refractivity contribution is -0.119. The summed E-state index contributed by atoms with van der Waals surface area (Å²) in [4.78, 5) is 16.7. The first-order chi connectivity index (χ1) is 12.3. The lowest BCUT2D eigenvalue weighted by atomic mass is 10.1. The molecule has 6 heteroatoms. The monoisotopic (exact) mass is 337 g/mol. The summed E-state index contributed by atoms with van der Waals surface area (Å²) in [5, 5.41) is 2.93. The van der Waals surface area contributed by atoms with Crippen molar-refractivity contribution < 1.29 is 14.3 Å². The highest BCUT2D eigenvalue weighted by Gasteiger charge is 2.23. The Kier molecular flexibility index (Phi) is 4.35. The molecule has 4 rings (SSSR count). The maximum absolute atomic E-state index is 12.2. The van der Waals surface area contributed by atoms with Crippen molar-refractivity contribution in [2.24, 2.45) is 5.92 Å². The molecule has 1 saturated heterocycles. The van der Waals surface area contributed by atoms with E-state index in [2.05, 4.69) is 10.3 Å². The molecule has 0 unspecified atom stereocenters. The molecule has 1 aliphatic rings. The van der Waals surface area contributed by atoms with Crippen LogP contribution < -0.4 is 10.1 Å². The molecule has 0 saturated carbocycles. The molecule has 25 heavy (non-hydrogen) atoms. The number of anilines is 1. The van der Waals surface area contributed by atoms with Gasteiger partial charge in [0.15, 0.2) is 0 Å². The SMILES string of the molecule is O=C(Nc1cccc(OCc2cn3ccccc3n2)c1)[C@H]1CCOC1. The predicted molar refractivity (Wildman–Crippen MR) is 93.5 cm³/mol. The minimum atomic E-state index is -0.0671. The smallest absolute Gasteiger partial charge is 0.229 e. The largest absolute Gasteiger partial charge is 0.487 e. The third-order valence-corrected chi connectivity index (χ3v) is 4.20. The Hall–Kier alpha value is -2.86. The second-order valence-electron chi connectivity index (χ2n) is 6.06. The van der Waals surface area contributed by atoms with Gasteiger partial charge in [-0.05, 0) is 30.7 Å². The van der Waals surface area contributed by atoms with Gasteiger partial charge in [0.05, 0.1) is 18.2 Å². The van der Waals surface area contributed by atoms with Crippen molar-refractivity contribution in [3.8, 4) is 5.75 Å². The third-order valence-electron chi connectivity index (χ3n) is 4.20. The molecule has 1 amide bonds. The molecule has 1 aliphatic heterocycles. The molecule has 0 aliphatic carbocycles. The molecule has 1 aromatic carbocycles. The summed E-state index contributed by atoms with van der Waals surface area (Å²) in [6, 6.07) is 13.3. The average molecular weight is 337 g/mol. The average Bonchev–Trinajstić information content (AvgIpc) is 3.29. The number of carbonyl (C=O) groups excluding carboxylic acids is 1. The van der Waals surface area contributed by atoms with Crippen molar-refractivity contribution in [1.82, 2.24) is 9.38 Å². The molecule has 0 spiro atoms. The summed E-state index contributed by atoms with van der Waals surface area (Å²) in [5.74, 6) is 0.620. The molecule has 2 aromatic heterocycles. The van der Waals surface area contributed by atoms with Gasteiger partial charge < -0.3 is 19.2 Å². The first-order valence-corrected chi connectivity index (χ1v) is 8.32. The summed E-state index contributed by atoms with van der Waals surface area (Å²) in [6.07, 6.45) is 4.67. The number of nitrogens with zero attached hydrogens (tertiary/aromatic N) is 2. The minimum Gasteiger partial charge on any atom is -0.487 e. The van der Waals surface area contributed by atoms with Crippen molar-refractivity contribution in [3.63, 3.8) is 0 Å². The van der Waals surface area contributed by atoms with Crippen LogP contribution in [0.15, 0.2) is 54.9 Å². The van der Waals surface area contributed by atoms with Crippen LogP contribution in [0, 0.1) is 5.92 Å². The van der Waals surface area contributed by atoms with Gasteiger partial charge in [0.25, 0.3) is 0 Å². The summed E-state index contributed by atoms with van der Waals surface area (Å²) in [7, 11) is 0. The predicted octanol–water partition coefficient (Wildman–Crippen LogP) is 2.89. The molecular formula is C19H19N3O3. The fourth-order valence-corrected chi connectivity index (χ4v) is 2.86. The molecule has 6 nitrogen and oxygen atoms in total. The Labute approximate surface area is 145 Å². The maximum Gasteiger partial charge on any atom is 0.229 e. The van der Waals surface area contributed by atoms with Crippen LogP contribution in [0.2, 0.25) is 0 Å². The number of hydrogen-bond donors (Lipinski definition) is 1. The lowest BCUT2D eigenvalue weighted by Gasteiger charge is -2.11. The van der Waals surface area contributed by atoms with Crippen LogP contribution in [-0.2, 0) is 16.1 Å². The van der Waals surface area contributed by atoms with Crippen molar-refractivity contribution in [3.05, 3.63) is 60.6 Å². The molecule has 128 valence electrons. The van der Waals surface area contributed by atoms with E-state index in [0.717, 1.165) is 23.4 Å². The number of ether oxygens (including phenoxy) is 2. The number of nitrogens with one attached hydrogen (secondary N) is 1. The van der Waals surface area contributed by atoms with Crippen LogP contribution in [-0.4, -0.2) is 28.5 Å². The van der Waals surface area contributed by atoms with Gasteiger partial charge in [-0.3, -0.25) is 4.79 Å². The Morgan fingerprint density at radius 1 is 1.32 bits per heavy atom. The van der Waals surface area contributed by atoms with Crippen molar-refractivity contribution >= 4 is 17.2 Å². The number of imidazole rings is 1. The zero-order valence-corrected chi connectivity index (χ0v) is 13.7. The van der Waals surface area contributed by atoms with Gasteiger partial charge in [-0.2, -0.15) is 0 Å². The Bertz CT molecular complexity index is 851. The number of amides is 1. The summed E-state index contributed by atoms with van der Waals surface area (Å²) >= 11 is 0. The Balaban J connectivity index is 1.39. The minimum absolute atomic E-state index is 0.00463. The molecule has 3 aromatic rings. The standard InChI is InChI=1S/C19H19N3O3/c23-19(14-7-9-24-12-14)21-15-4-3-5-17(10-15)25-13-16-11-22-8-2-1-6-18(22)20-16/h1-6,8,10-11,14H,7,9,12-13H2,(H,21,23)/t14-/m0/s1. The summed E-state index contributed by atoms with van der Waals surface area (Å²) < 4.78 is 13.0. The van der Waals surface area contributed by atoms with E-state index in [1.54, 1.807) is 0 Å². The number of fused-ring (bicyclic) bond motifs is 1. The van der Waals surface area contributed by atoms with Gasteiger partial charge in [0, 0.05) is 30.8 Å². The van der Waals surface area contributed by atoms with E-state index in [4.69, 9.17) is 9.47 Å². The molecule has 1 N–H and O–H groups in total. The second-order valence-corrected chi connectivity index (χ2v) is 6.06. The first-order valence-electron chi connectivity index (χ1n) is 8.32. The molecule has 1 atom stereocenters. The van der Waals surface area contributed by atoms with E-state index in [9.17, 15) is 4.79 Å². The summed E-state index contributed by atoms with van der Waals surface area (Å²) in [5.41, 5.74) is 2.47. The van der Waals surface area contributed by atoms with Gasteiger partial charge in [0.2, 0.25) is 5.91 Å². The van der Waals surface area contributed by atoms with Crippen molar-refractivity contribution in [1.29, 1.82) is 0 Å². The fraction of sp³-hybridized carbons (Fsp3) is 0.263. The zero-order chi connectivity index (χ0) is 17.1. The Morgan fingerprint density at radius 3 is 3.12 bits per heavy atom. The van der Waals surface area contributed by atoms with E-state index < -0.39 is 0 Å². The van der Waals surface area contributed by atoms with Crippen molar-refractivity contribution in [2.75, 3.05) is 18.5 Å². The highest BCUT2D eigenvalue weighted by Crippen LogP contribution is 2.21. The van der Waals surface area contributed by atoms with E-state index in [1.807, 2.05) is 59.3 Å². The van der Waals surface area contributed by atoms with Crippen LogP contribution in [0.25, 0.3) is 5.65 Å². The van der Waals surface area contributed by atoms with E-state index in [-0.39, 0.29) is 11.8 Å². The maximum atomic E-state index is 12.2. The quantitative estimate of drug-likeness (QED) is 0.777. The number of carbonyl (C=O) groups is 1. The number of pyridine rings is 1. The number of benzene rings is 1. The highest BCUT2D eigenvalue weighted by atomic mass is 16.5. The van der Waals surface area contributed by atoms with E-state index in [0.29, 0.717) is 25.6 Å². The third kappa shape index (κ3) is 3.64. The van der Waals surface area contributed by atoms with Gasteiger partial charge in [-0.25, -0.2) is 4.98 Å². The Morgan fingerprint density at radius 2 is 2.28 bits per heavy atom. The highest BCUT2D eigenvalue weighted by molar-refractivity contribution is 5.92. The van der Waals surface area contributed by atoms with Crippen LogP contribution in [0.3, 0.4) is 0 Å². The fourth-order valence-electron chi connectivity index (χ4n) is 2.86. The molecule has 0 bridgehead atoms. The number of aromatic nitrogens is 2. The normalized spacial score (nSPS) is 16.9. The van der Waals surface area contributed by atoms with Crippen molar-refractivity contribution in [2.45, 2.75) is 13.0 Å². The molecule has 3 heterocycles. The van der Waals surface area contributed by atoms with Gasteiger partial charge >= 0.3 is 0 Å². The van der Waals surface area contributed by atoms with Gasteiger partial charge in [0.1, 0.15) is 18.0 Å². The van der Waals surface area contributed by atoms with Crippen LogP contribution >= 0.6 is 0 Å². The molecular weight excluding hydrogens is 318 g/mol. The van der Waals surface area contributed by atoms with Crippen LogP contribution in [0.1, 0.15) is 12.1 Å². The number of hydrogen-bond acceptors (Lipinski definition) is 4. The van der Waals surface area contributed by atoms with E-state index >= 15 is 0 Å². The molecule has 0 radical (unpaired) electrons. The van der Waals surface area contributed by atoms with Gasteiger partial charge in [-0.1, -0.05) is 12.1 Å². The van der Waals surface area contributed by atoms with Crippen LogP contribution in [0.5, 0.6) is 5.75 Å². The first kappa shape index (κ1) is 15.7. The number of rotatable bonds is 5.